The molecule has 2 aromatic rings. The first-order chi connectivity index (χ1) is 15.4. The van der Waals surface area contributed by atoms with Crippen molar-refractivity contribution in [2.24, 2.45) is 0 Å². The lowest BCUT2D eigenvalue weighted by Gasteiger charge is -2.13. The van der Waals surface area contributed by atoms with Crippen LogP contribution in [0.15, 0.2) is 53.4 Å². The normalized spacial score (nSPS) is 14.6. The van der Waals surface area contributed by atoms with Gasteiger partial charge in [-0.2, -0.15) is 0 Å². The molecule has 1 heterocycles. The summed E-state index contributed by atoms with van der Waals surface area (Å²) in [6, 6.07) is 14.2. The lowest BCUT2D eigenvalue weighted by Crippen LogP contribution is -2.41. The first kappa shape index (κ1) is 23.1. The molecule has 1 aliphatic rings. The molecule has 0 bridgehead atoms. The second-order valence-corrected chi connectivity index (χ2v) is 7.95. The van der Waals surface area contributed by atoms with Crippen molar-refractivity contribution in [2.45, 2.75) is 6.92 Å². The number of ether oxygens (including phenoxy) is 1. The average molecular weight is 454 g/mol. The highest BCUT2D eigenvalue weighted by molar-refractivity contribution is 8.18. The third kappa shape index (κ3) is 5.76. The molecule has 8 nitrogen and oxygen atoms in total. The molecule has 3 rings (SSSR count). The van der Waals surface area contributed by atoms with Crippen LogP contribution in [0.2, 0.25) is 0 Å². The summed E-state index contributed by atoms with van der Waals surface area (Å²) in [6.45, 7) is 1.75. The molecule has 2 N–H and O–H groups in total. The highest BCUT2D eigenvalue weighted by Crippen LogP contribution is 2.32. The number of nitrogens with one attached hydrogen (secondary N) is 2. The third-order valence-corrected chi connectivity index (χ3v) is 5.65. The van der Waals surface area contributed by atoms with Gasteiger partial charge in [-0.25, -0.2) is 0 Å². The zero-order chi connectivity index (χ0) is 23.1. The van der Waals surface area contributed by atoms with Crippen LogP contribution in [0.3, 0.4) is 0 Å². The van der Waals surface area contributed by atoms with Crippen LogP contribution in [0.5, 0.6) is 5.75 Å². The molecular weight excluding hydrogens is 430 g/mol. The minimum atomic E-state index is -0.410. The zero-order valence-corrected chi connectivity index (χ0v) is 18.5. The van der Waals surface area contributed by atoms with E-state index in [9.17, 15) is 19.2 Å². The van der Waals surface area contributed by atoms with Crippen molar-refractivity contribution in [3.8, 4) is 5.75 Å². The Hall–Kier alpha value is -3.59. The summed E-state index contributed by atoms with van der Waals surface area (Å²) in [4.78, 5) is 50.3. The number of hydrogen-bond donors (Lipinski definition) is 2. The predicted molar refractivity (Wildman–Crippen MR) is 122 cm³/mol. The van der Waals surface area contributed by atoms with Crippen molar-refractivity contribution in [3.05, 3.63) is 70.1 Å². The van der Waals surface area contributed by atoms with Crippen molar-refractivity contribution in [1.82, 2.24) is 15.5 Å². The van der Waals surface area contributed by atoms with Gasteiger partial charge < -0.3 is 15.4 Å². The van der Waals surface area contributed by atoms with Gasteiger partial charge in [0.05, 0.1) is 18.6 Å². The monoisotopic (exact) mass is 453 g/mol. The fourth-order valence-electron chi connectivity index (χ4n) is 3.00. The largest absolute Gasteiger partial charge is 0.497 e. The van der Waals surface area contributed by atoms with Crippen LogP contribution in [0.1, 0.15) is 21.5 Å². The third-order valence-electron chi connectivity index (χ3n) is 4.74. The number of imide groups is 1. The Kier molecular flexibility index (Phi) is 7.67. The van der Waals surface area contributed by atoms with Crippen molar-refractivity contribution >= 4 is 40.8 Å². The number of methoxy groups -OCH3 is 1. The predicted octanol–water partition coefficient (Wildman–Crippen LogP) is 2.59. The van der Waals surface area contributed by atoms with Gasteiger partial charge in [0.25, 0.3) is 17.1 Å². The van der Waals surface area contributed by atoms with E-state index in [1.807, 2.05) is 19.1 Å². The SMILES string of the molecule is COc1ccc(/C=C2/SC(=O)N(CCNC(=O)CNC(=O)c3ccccc3C)C2=O)cc1. The molecule has 0 radical (unpaired) electrons. The molecule has 4 amide bonds. The molecule has 0 unspecified atom stereocenters. The summed E-state index contributed by atoms with van der Waals surface area (Å²) < 4.78 is 5.10. The summed E-state index contributed by atoms with van der Waals surface area (Å²) >= 11 is 0.856. The van der Waals surface area contributed by atoms with E-state index in [1.165, 1.54) is 0 Å². The van der Waals surface area contributed by atoms with Crippen LogP contribution in [0, 0.1) is 6.92 Å². The summed E-state index contributed by atoms with van der Waals surface area (Å²) in [5.41, 5.74) is 2.09. The van der Waals surface area contributed by atoms with Crippen molar-refractivity contribution in [2.75, 3.05) is 26.7 Å². The fourth-order valence-corrected chi connectivity index (χ4v) is 3.86. The van der Waals surface area contributed by atoms with Crippen molar-refractivity contribution in [1.29, 1.82) is 0 Å². The van der Waals surface area contributed by atoms with Gasteiger partial charge in [0.15, 0.2) is 0 Å². The van der Waals surface area contributed by atoms with E-state index >= 15 is 0 Å². The molecule has 0 atom stereocenters. The number of carbonyl (C=O) groups excluding carboxylic acids is 4. The number of amides is 4. The number of thioether (sulfide) groups is 1. The van der Waals surface area contributed by atoms with Crippen LogP contribution in [-0.2, 0) is 9.59 Å². The molecule has 0 aromatic heterocycles. The van der Waals surface area contributed by atoms with Gasteiger partial charge >= 0.3 is 0 Å². The Bertz CT molecular complexity index is 1070. The van der Waals surface area contributed by atoms with Crippen LogP contribution in [-0.4, -0.2) is 54.6 Å². The van der Waals surface area contributed by atoms with E-state index in [1.54, 1.807) is 49.6 Å². The van der Waals surface area contributed by atoms with Gasteiger partial charge in [0, 0.05) is 18.7 Å². The number of nitrogens with zero attached hydrogens (tertiary/aromatic N) is 1. The van der Waals surface area contributed by atoms with E-state index in [2.05, 4.69) is 10.6 Å². The van der Waals surface area contributed by atoms with E-state index in [0.717, 1.165) is 27.8 Å². The number of aryl methyl sites for hydroxylation is 1. The smallest absolute Gasteiger partial charge is 0.293 e. The molecule has 1 saturated heterocycles. The maximum absolute atomic E-state index is 12.5. The van der Waals surface area contributed by atoms with Crippen molar-refractivity contribution in [3.63, 3.8) is 0 Å². The fraction of sp³-hybridized carbons (Fsp3) is 0.217. The van der Waals surface area contributed by atoms with Crippen LogP contribution < -0.4 is 15.4 Å². The molecule has 0 aliphatic carbocycles. The molecule has 0 saturated carbocycles. The summed E-state index contributed by atoms with van der Waals surface area (Å²) in [7, 11) is 1.57. The summed E-state index contributed by atoms with van der Waals surface area (Å²) in [5.74, 6) is -0.459. The summed E-state index contributed by atoms with van der Waals surface area (Å²) in [6.07, 6.45) is 1.64. The maximum atomic E-state index is 12.5. The Morgan fingerprint density at radius 3 is 2.47 bits per heavy atom. The quantitative estimate of drug-likeness (QED) is 0.596. The number of rotatable bonds is 8. The van der Waals surface area contributed by atoms with Gasteiger partial charge in [0.2, 0.25) is 5.91 Å². The van der Waals surface area contributed by atoms with Gasteiger partial charge in [-0.1, -0.05) is 30.3 Å². The standard InChI is InChI=1S/C23H23N3O5S/c1-15-5-3-4-6-18(15)21(28)25-14-20(27)24-11-12-26-22(29)19(32-23(26)30)13-16-7-9-17(31-2)10-8-16/h3-10,13H,11-12,14H2,1-2H3,(H,24,27)(H,25,28)/b19-13+. The first-order valence-corrected chi connectivity index (χ1v) is 10.7. The maximum Gasteiger partial charge on any atom is 0.293 e. The molecule has 1 aliphatic heterocycles. The second kappa shape index (κ2) is 10.6. The Morgan fingerprint density at radius 1 is 1.06 bits per heavy atom. The number of benzene rings is 2. The van der Waals surface area contributed by atoms with Crippen LogP contribution in [0.4, 0.5) is 4.79 Å². The Balaban J connectivity index is 1.47. The van der Waals surface area contributed by atoms with Gasteiger partial charge in [-0.05, 0) is 54.1 Å². The molecule has 32 heavy (non-hydrogen) atoms. The first-order valence-electron chi connectivity index (χ1n) is 9.89. The van der Waals surface area contributed by atoms with E-state index in [0.29, 0.717) is 16.2 Å². The van der Waals surface area contributed by atoms with E-state index < -0.39 is 17.1 Å². The lowest BCUT2D eigenvalue weighted by molar-refractivity contribution is -0.124. The average Bonchev–Trinajstić information content (AvgIpc) is 3.05. The minimum absolute atomic E-state index is 0.0437. The number of hydrogen-bond acceptors (Lipinski definition) is 6. The van der Waals surface area contributed by atoms with Crippen LogP contribution in [0.25, 0.3) is 6.08 Å². The minimum Gasteiger partial charge on any atom is -0.497 e. The van der Waals surface area contributed by atoms with E-state index in [-0.39, 0.29) is 25.5 Å². The molecule has 166 valence electrons. The highest BCUT2D eigenvalue weighted by Gasteiger charge is 2.34. The van der Waals surface area contributed by atoms with E-state index in [4.69, 9.17) is 4.74 Å². The molecule has 9 heteroatoms. The zero-order valence-electron chi connectivity index (χ0n) is 17.7. The molecular formula is C23H23N3O5S. The van der Waals surface area contributed by atoms with Crippen LogP contribution >= 0.6 is 11.8 Å². The Morgan fingerprint density at radius 2 is 1.78 bits per heavy atom. The van der Waals surface area contributed by atoms with Gasteiger partial charge in [-0.15, -0.1) is 0 Å². The molecule has 0 spiro atoms. The molecule has 2 aromatic carbocycles. The highest BCUT2D eigenvalue weighted by atomic mass is 32.2. The Labute approximate surface area is 190 Å². The second-order valence-electron chi connectivity index (χ2n) is 6.95. The van der Waals surface area contributed by atoms with Gasteiger partial charge in [0.1, 0.15) is 5.75 Å². The lowest BCUT2D eigenvalue weighted by atomic mass is 10.1. The van der Waals surface area contributed by atoms with Gasteiger partial charge in [-0.3, -0.25) is 24.1 Å². The summed E-state index contributed by atoms with van der Waals surface area (Å²) in [5, 5.41) is 4.77. The number of carbonyl (C=O) groups is 4. The topological polar surface area (TPSA) is 105 Å². The molecule has 1 fully saturated rings. The van der Waals surface area contributed by atoms with Crippen molar-refractivity contribution < 1.29 is 23.9 Å².